The maximum Gasteiger partial charge on any atom is 0.124 e. The average molecular weight is 320 g/mol. The standard InChI is InChI=1S/C18H28N2O3/c1-4-21-17-8-14-7-13(2)23-18(14)9-15(17)10-19-11-16-12-20(3)5-6-22-16/h8-9,13,16,19H,4-7,10-12H2,1-3H3/t13-,16-/m0/s1. The van der Waals surface area contributed by atoms with E-state index in [4.69, 9.17) is 14.2 Å². The summed E-state index contributed by atoms with van der Waals surface area (Å²) in [6, 6.07) is 4.27. The zero-order valence-corrected chi connectivity index (χ0v) is 14.4. The molecule has 0 spiro atoms. The summed E-state index contributed by atoms with van der Waals surface area (Å²) in [5.41, 5.74) is 2.41. The molecule has 1 aromatic carbocycles. The zero-order valence-electron chi connectivity index (χ0n) is 14.4. The van der Waals surface area contributed by atoms with Gasteiger partial charge >= 0.3 is 0 Å². The van der Waals surface area contributed by atoms with Gasteiger partial charge < -0.3 is 24.4 Å². The van der Waals surface area contributed by atoms with Crippen LogP contribution < -0.4 is 14.8 Å². The van der Waals surface area contributed by atoms with E-state index in [-0.39, 0.29) is 12.2 Å². The van der Waals surface area contributed by atoms with Crippen LogP contribution in [0.4, 0.5) is 0 Å². The molecule has 2 aliphatic heterocycles. The predicted molar refractivity (Wildman–Crippen MR) is 90.3 cm³/mol. The summed E-state index contributed by atoms with van der Waals surface area (Å²) in [7, 11) is 2.14. The molecule has 1 N–H and O–H groups in total. The SMILES string of the molecule is CCOc1cc2c(cc1CNC[C@H]1CN(C)CCO1)O[C@@H](C)C2. The van der Waals surface area contributed by atoms with Crippen LogP contribution in [-0.4, -0.2) is 57.0 Å². The van der Waals surface area contributed by atoms with Crippen LogP contribution in [-0.2, 0) is 17.7 Å². The van der Waals surface area contributed by atoms with Gasteiger partial charge in [-0.2, -0.15) is 0 Å². The summed E-state index contributed by atoms with van der Waals surface area (Å²) in [5, 5.41) is 3.51. The molecule has 0 saturated carbocycles. The monoisotopic (exact) mass is 320 g/mol. The molecular formula is C18H28N2O3. The van der Waals surface area contributed by atoms with Crippen molar-refractivity contribution < 1.29 is 14.2 Å². The van der Waals surface area contributed by atoms with Crippen LogP contribution in [0.5, 0.6) is 11.5 Å². The summed E-state index contributed by atoms with van der Waals surface area (Å²) in [6.07, 6.45) is 1.48. The zero-order chi connectivity index (χ0) is 16.2. The Morgan fingerprint density at radius 3 is 3.04 bits per heavy atom. The van der Waals surface area contributed by atoms with Gasteiger partial charge in [-0.1, -0.05) is 0 Å². The van der Waals surface area contributed by atoms with Crippen LogP contribution in [0.3, 0.4) is 0 Å². The molecule has 1 saturated heterocycles. The normalized spacial score (nSPS) is 24.3. The first-order chi connectivity index (χ1) is 11.2. The predicted octanol–water partition coefficient (Wildman–Crippen LogP) is 1.83. The van der Waals surface area contributed by atoms with E-state index in [1.807, 2.05) is 6.92 Å². The van der Waals surface area contributed by atoms with Crippen LogP contribution in [0.15, 0.2) is 12.1 Å². The molecule has 23 heavy (non-hydrogen) atoms. The van der Waals surface area contributed by atoms with E-state index in [0.717, 1.165) is 56.3 Å². The molecule has 0 amide bonds. The molecule has 0 unspecified atom stereocenters. The Balaban J connectivity index is 1.61. The van der Waals surface area contributed by atoms with Crippen molar-refractivity contribution in [3.63, 3.8) is 0 Å². The van der Waals surface area contributed by atoms with Crippen molar-refractivity contribution in [2.24, 2.45) is 0 Å². The van der Waals surface area contributed by atoms with E-state index in [1.165, 1.54) is 5.56 Å². The van der Waals surface area contributed by atoms with E-state index in [2.05, 4.69) is 36.3 Å². The fourth-order valence-corrected chi connectivity index (χ4v) is 3.27. The quantitative estimate of drug-likeness (QED) is 0.866. The Bertz CT molecular complexity index is 535. The summed E-state index contributed by atoms with van der Waals surface area (Å²) < 4.78 is 17.5. The highest BCUT2D eigenvalue weighted by atomic mass is 16.5. The lowest BCUT2D eigenvalue weighted by molar-refractivity contribution is -0.0182. The molecule has 0 radical (unpaired) electrons. The van der Waals surface area contributed by atoms with Gasteiger partial charge in [-0.3, -0.25) is 0 Å². The lowest BCUT2D eigenvalue weighted by Gasteiger charge is -2.30. The minimum absolute atomic E-state index is 0.258. The van der Waals surface area contributed by atoms with Gasteiger partial charge in [-0.05, 0) is 33.0 Å². The second kappa shape index (κ2) is 7.51. The molecule has 2 atom stereocenters. The van der Waals surface area contributed by atoms with Gasteiger partial charge in [0.15, 0.2) is 0 Å². The molecule has 1 fully saturated rings. The second-order valence-electron chi connectivity index (χ2n) is 6.52. The first-order valence-electron chi connectivity index (χ1n) is 8.61. The molecule has 5 nitrogen and oxygen atoms in total. The van der Waals surface area contributed by atoms with Gasteiger partial charge in [0.05, 0.1) is 19.3 Å². The number of fused-ring (bicyclic) bond motifs is 1. The number of ether oxygens (including phenoxy) is 3. The molecular weight excluding hydrogens is 292 g/mol. The van der Waals surface area contributed by atoms with Crippen LogP contribution in [0.1, 0.15) is 25.0 Å². The Morgan fingerprint density at radius 1 is 1.39 bits per heavy atom. The van der Waals surface area contributed by atoms with Gasteiger partial charge in [0.25, 0.3) is 0 Å². The van der Waals surface area contributed by atoms with E-state index in [0.29, 0.717) is 6.61 Å². The molecule has 0 bridgehead atoms. The van der Waals surface area contributed by atoms with Crippen molar-refractivity contribution in [3.05, 3.63) is 23.3 Å². The van der Waals surface area contributed by atoms with E-state index in [1.54, 1.807) is 0 Å². The first kappa shape index (κ1) is 16.6. The van der Waals surface area contributed by atoms with Crippen molar-refractivity contribution in [1.29, 1.82) is 0 Å². The minimum Gasteiger partial charge on any atom is -0.494 e. The smallest absolute Gasteiger partial charge is 0.124 e. The van der Waals surface area contributed by atoms with Gasteiger partial charge in [0.1, 0.15) is 17.6 Å². The Kier molecular flexibility index (Phi) is 5.41. The van der Waals surface area contributed by atoms with E-state index >= 15 is 0 Å². The van der Waals surface area contributed by atoms with E-state index in [9.17, 15) is 0 Å². The third-order valence-corrected chi connectivity index (χ3v) is 4.41. The lowest BCUT2D eigenvalue weighted by atomic mass is 10.1. The lowest BCUT2D eigenvalue weighted by Crippen LogP contribution is -2.44. The second-order valence-corrected chi connectivity index (χ2v) is 6.52. The van der Waals surface area contributed by atoms with Crippen molar-refractivity contribution in [2.45, 2.75) is 39.0 Å². The fourth-order valence-electron chi connectivity index (χ4n) is 3.27. The highest BCUT2D eigenvalue weighted by Gasteiger charge is 2.22. The Labute approximate surface area is 138 Å². The van der Waals surface area contributed by atoms with Crippen molar-refractivity contribution >= 4 is 0 Å². The van der Waals surface area contributed by atoms with Crippen molar-refractivity contribution in [3.8, 4) is 11.5 Å². The number of hydrogen-bond donors (Lipinski definition) is 1. The third kappa shape index (κ3) is 4.16. The van der Waals surface area contributed by atoms with Gasteiger partial charge in [0, 0.05) is 43.7 Å². The molecule has 2 aliphatic rings. The number of benzene rings is 1. The molecule has 2 heterocycles. The molecule has 5 heteroatoms. The minimum atomic E-state index is 0.258. The number of morpholine rings is 1. The average Bonchev–Trinajstić information content (AvgIpc) is 2.87. The largest absolute Gasteiger partial charge is 0.494 e. The van der Waals surface area contributed by atoms with Crippen LogP contribution in [0.2, 0.25) is 0 Å². The number of nitrogens with zero attached hydrogens (tertiary/aromatic N) is 1. The number of nitrogens with one attached hydrogen (secondary N) is 1. The van der Waals surface area contributed by atoms with Crippen LogP contribution in [0.25, 0.3) is 0 Å². The number of likely N-dealkylation sites (N-methyl/N-ethyl adjacent to an activating group) is 1. The number of rotatable bonds is 6. The van der Waals surface area contributed by atoms with Crippen LogP contribution in [0, 0.1) is 0 Å². The topological polar surface area (TPSA) is 43.0 Å². The fraction of sp³-hybridized carbons (Fsp3) is 0.667. The molecule has 3 rings (SSSR count). The van der Waals surface area contributed by atoms with Gasteiger partial charge in [0.2, 0.25) is 0 Å². The number of hydrogen-bond acceptors (Lipinski definition) is 5. The molecule has 0 aromatic heterocycles. The highest BCUT2D eigenvalue weighted by molar-refractivity contribution is 5.48. The summed E-state index contributed by atoms with van der Waals surface area (Å²) in [5.74, 6) is 1.98. The summed E-state index contributed by atoms with van der Waals surface area (Å²) >= 11 is 0. The third-order valence-electron chi connectivity index (χ3n) is 4.41. The van der Waals surface area contributed by atoms with Crippen molar-refractivity contribution in [2.75, 3.05) is 39.9 Å². The Hall–Kier alpha value is -1.30. The van der Waals surface area contributed by atoms with Crippen LogP contribution >= 0.6 is 0 Å². The highest BCUT2D eigenvalue weighted by Crippen LogP contribution is 2.35. The summed E-state index contributed by atoms with van der Waals surface area (Å²) in [6.45, 7) is 9.25. The Morgan fingerprint density at radius 2 is 2.26 bits per heavy atom. The molecule has 0 aliphatic carbocycles. The molecule has 1 aromatic rings. The maximum absolute atomic E-state index is 5.88. The van der Waals surface area contributed by atoms with Gasteiger partial charge in [-0.15, -0.1) is 0 Å². The van der Waals surface area contributed by atoms with Gasteiger partial charge in [-0.25, -0.2) is 0 Å². The molecule has 128 valence electrons. The first-order valence-corrected chi connectivity index (χ1v) is 8.61. The van der Waals surface area contributed by atoms with E-state index < -0.39 is 0 Å². The van der Waals surface area contributed by atoms with Crippen molar-refractivity contribution in [1.82, 2.24) is 10.2 Å². The summed E-state index contributed by atoms with van der Waals surface area (Å²) in [4.78, 5) is 2.31. The maximum atomic E-state index is 5.88.